The van der Waals surface area contributed by atoms with E-state index in [0.29, 0.717) is 0 Å². The number of hydrogen-bond donors (Lipinski definition) is 0. The number of halogens is 2. The van der Waals surface area contributed by atoms with E-state index in [1.54, 1.807) is 0 Å². The molecule has 0 fully saturated rings. The Kier molecular flexibility index (Phi) is 4.17. The normalized spacial score (nSPS) is 10.2. The van der Waals surface area contributed by atoms with E-state index >= 15 is 0 Å². The van der Waals surface area contributed by atoms with E-state index in [0.717, 1.165) is 18.2 Å². The molecule has 1 aromatic carbocycles. The summed E-state index contributed by atoms with van der Waals surface area (Å²) in [5.41, 5.74) is -0.0968. The molecule has 0 saturated heterocycles. The van der Waals surface area contributed by atoms with Gasteiger partial charge in [0, 0.05) is 5.56 Å². The van der Waals surface area contributed by atoms with Gasteiger partial charge in [0.2, 0.25) is 5.75 Å². The zero-order valence-corrected chi connectivity index (χ0v) is 10.5. The van der Waals surface area contributed by atoms with E-state index in [2.05, 4.69) is 4.98 Å². The molecule has 0 radical (unpaired) electrons. The van der Waals surface area contributed by atoms with Gasteiger partial charge in [0.05, 0.1) is 0 Å². The van der Waals surface area contributed by atoms with Crippen molar-refractivity contribution in [1.29, 1.82) is 0 Å². The maximum absolute atomic E-state index is 13.0. The highest BCUT2D eigenvalue weighted by molar-refractivity contribution is 5.97. The maximum atomic E-state index is 13.0. The van der Waals surface area contributed by atoms with Crippen molar-refractivity contribution in [3.63, 3.8) is 0 Å². The Labute approximate surface area is 117 Å². The molecule has 0 N–H and O–H groups in total. The van der Waals surface area contributed by atoms with Crippen molar-refractivity contribution in [3.05, 3.63) is 63.8 Å². The topological polar surface area (TPSA) is 82.3 Å². The van der Waals surface area contributed by atoms with Crippen LogP contribution in [0, 0.1) is 21.7 Å². The summed E-state index contributed by atoms with van der Waals surface area (Å²) >= 11 is 0. The Morgan fingerprint density at radius 2 is 2.05 bits per heavy atom. The molecule has 0 aliphatic rings. The molecule has 21 heavy (non-hydrogen) atoms. The summed E-state index contributed by atoms with van der Waals surface area (Å²) < 4.78 is 30.8. The summed E-state index contributed by atoms with van der Waals surface area (Å²) in [5.74, 6) is -3.59. The number of nitrogens with zero attached hydrogens (tertiary/aromatic N) is 2. The van der Waals surface area contributed by atoms with Gasteiger partial charge in [-0.1, -0.05) is 0 Å². The fourth-order valence-electron chi connectivity index (χ4n) is 1.53. The quantitative estimate of drug-likeness (QED) is 0.481. The number of ketones is 1. The third kappa shape index (κ3) is 3.35. The van der Waals surface area contributed by atoms with Gasteiger partial charge < -0.3 is 14.9 Å². The number of nitro groups is 1. The van der Waals surface area contributed by atoms with Gasteiger partial charge >= 0.3 is 5.82 Å². The second-order valence-corrected chi connectivity index (χ2v) is 3.92. The first-order chi connectivity index (χ1) is 9.99. The molecular weight excluding hydrogens is 286 g/mol. The van der Waals surface area contributed by atoms with Crippen LogP contribution in [0.3, 0.4) is 0 Å². The van der Waals surface area contributed by atoms with Gasteiger partial charge in [-0.15, -0.1) is 0 Å². The number of carbonyl (C=O) groups is 1. The number of hydrogen-bond acceptors (Lipinski definition) is 5. The summed E-state index contributed by atoms with van der Waals surface area (Å²) in [6.07, 6.45) is 1.21. The van der Waals surface area contributed by atoms with Crippen molar-refractivity contribution < 1.29 is 23.2 Å². The molecule has 108 valence electrons. The first kappa shape index (κ1) is 14.5. The molecule has 0 aliphatic heterocycles. The van der Waals surface area contributed by atoms with Gasteiger partial charge in [0.1, 0.15) is 6.20 Å². The van der Waals surface area contributed by atoms with Crippen LogP contribution >= 0.6 is 0 Å². The number of pyridine rings is 1. The molecular formula is C13H8F2N2O4. The van der Waals surface area contributed by atoms with Gasteiger partial charge in [-0.25, -0.2) is 8.78 Å². The fourth-order valence-corrected chi connectivity index (χ4v) is 1.53. The predicted molar refractivity (Wildman–Crippen MR) is 67.1 cm³/mol. The number of benzene rings is 1. The average Bonchev–Trinajstić information content (AvgIpc) is 2.47. The van der Waals surface area contributed by atoms with Crippen molar-refractivity contribution in [3.8, 4) is 5.75 Å². The zero-order valence-electron chi connectivity index (χ0n) is 10.5. The van der Waals surface area contributed by atoms with Crippen LogP contribution in [0.25, 0.3) is 0 Å². The molecule has 0 bridgehead atoms. The van der Waals surface area contributed by atoms with Gasteiger partial charge in [-0.2, -0.15) is 0 Å². The molecule has 2 aromatic rings. The lowest BCUT2D eigenvalue weighted by Crippen LogP contribution is -2.13. The van der Waals surface area contributed by atoms with Crippen molar-refractivity contribution in [2.75, 3.05) is 6.61 Å². The summed E-state index contributed by atoms with van der Waals surface area (Å²) in [5, 5.41) is 10.7. The smallest absolute Gasteiger partial charge is 0.406 e. The monoisotopic (exact) mass is 294 g/mol. The van der Waals surface area contributed by atoms with Crippen LogP contribution in [0.5, 0.6) is 5.75 Å². The van der Waals surface area contributed by atoms with Crippen LogP contribution in [-0.2, 0) is 0 Å². The minimum Gasteiger partial charge on any atom is -0.477 e. The zero-order chi connectivity index (χ0) is 15.4. The van der Waals surface area contributed by atoms with Crippen LogP contribution in [0.1, 0.15) is 10.4 Å². The molecule has 0 unspecified atom stereocenters. The van der Waals surface area contributed by atoms with Crippen molar-refractivity contribution >= 4 is 11.6 Å². The lowest BCUT2D eigenvalue weighted by Gasteiger charge is -2.05. The summed E-state index contributed by atoms with van der Waals surface area (Å²) in [6.45, 7) is -0.558. The summed E-state index contributed by atoms with van der Waals surface area (Å²) in [7, 11) is 0. The Morgan fingerprint density at radius 1 is 1.29 bits per heavy atom. The Balaban J connectivity index is 2.11. The Morgan fingerprint density at radius 3 is 2.71 bits per heavy atom. The number of Topliss-reactive ketones (excluding diaryl/α,β-unsaturated/α-hetero) is 1. The summed E-state index contributed by atoms with van der Waals surface area (Å²) in [4.78, 5) is 25.2. The van der Waals surface area contributed by atoms with Gasteiger partial charge in [-0.3, -0.25) is 4.79 Å². The molecule has 0 amide bonds. The van der Waals surface area contributed by atoms with Crippen LogP contribution in [-0.4, -0.2) is 22.3 Å². The average molecular weight is 294 g/mol. The minimum absolute atomic E-state index is 0.0968. The standard InChI is InChI=1S/C13H8F2N2O4/c14-9-4-3-8(6-10(9)15)11(18)7-21-12-2-1-5-16-13(12)17(19)20/h1-6H,7H2. The molecule has 2 rings (SSSR count). The number of ether oxygens (including phenoxy) is 1. The Hall–Kier alpha value is -2.90. The highest BCUT2D eigenvalue weighted by atomic mass is 19.2. The molecule has 1 heterocycles. The van der Waals surface area contributed by atoms with Crippen LogP contribution in [0.4, 0.5) is 14.6 Å². The van der Waals surface area contributed by atoms with E-state index in [9.17, 15) is 23.7 Å². The minimum atomic E-state index is -1.16. The fraction of sp³-hybridized carbons (Fsp3) is 0.0769. The van der Waals surface area contributed by atoms with Crippen LogP contribution < -0.4 is 4.74 Å². The lowest BCUT2D eigenvalue weighted by molar-refractivity contribution is -0.390. The van der Waals surface area contributed by atoms with Crippen LogP contribution in [0.15, 0.2) is 36.5 Å². The van der Waals surface area contributed by atoms with E-state index in [1.165, 1.54) is 18.3 Å². The Bertz CT molecular complexity index is 706. The molecule has 0 atom stereocenters. The van der Waals surface area contributed by atoms with Crippen molar-refractivity contribution in [1.82, 2.24) is 4.98 Å². The van der Waals surface area contributed by atoms with Crippen molar-refractivity contribution in [2.24, 2.45) is 0 Å². The second kappa shape index (κ2) is 6.04. The number of aromatic nitrogens is 1. The summed E-state index contributed by atoms with van der Waals surface area (Å²) in [6, 6.07) is 5.34. The molecule has 0 saturated carbocycles. The number of carbonyl (C=O) groups excluding carboxylic acids is 1. The molecule has 8 heteroatoms. The molecule has 0 spiro atoms. The van der Waals surface area contributed by atoms with E-state index in [1.807, 2.05) is 0 Å². The molecule has 1 aromatic heterocycles. The van der Waals surface area contributed by atoms with Crippen molar-refractivity contribution in [2.45, 2.75) is 0 Å². The van der Waals surface area contributed by atoms with Gasteiger partial charge in [0.25, 0.3) is 0 Å². The number of rotatable bonds is 5. The SMILES string of the molecule is O=C(COc1cccnc1[N+](=O)[O-])c1ccc(F)c(F)c1. The largest absolute Gasteiger partial charge is 0.477 e. The van der Waals surface area contributed by atoms with Gasteiger partial charge in [0.15, 0.2) is 24.0 Å². The predicted octanol–water partition coefficient (Wildman–Crippen LogP) is 2.53. The van der Waals surface area contributed by atoms with E-state index < -0.39 is 34.8 Å². The first-order valence-electron chi connectivity index (χ1n) is 5.69. The second-order valence-electron chi connectivity index (χ2n) is 3.92. The highest BCUT2D eigenvalue weighted by Crippen LogP contribution is 2.23. The molecule has 6 nitrogen and oxygen atoms in total. The van der Waals surface area contributed by atoms with E-state index in [4.69, 9.17) is 4.74 Å². The first-order valence-corrected chi connectivity index (χ1v) is 5.69. The van der Waals surface area contributed by atoms with Crippen LogP contribution in [0.2, 0.25) is 0 Å². The maximum Gasteiger partial charge on any atom is 0.406 e. The van der Waals surface area contributed by atoms with E-state index in [-0.39, 0.29) is 11.3 Å². The lowest BCUT2D eigenvalue weighted by atomic mass is 10.1. The third-order valence-electron chi connectivity index (χ3n) is 2.52. The molecule has 0 aliphatic carbocycles. The third-order valence-corrected chi connectivity index (χ3v) is 2.52. The van der Waals surface area contributed by atoms with Gasteiger partial charge in [-0.05, 0) is 40.2 Å². The highest BCUT2D eigenvalue weighted by Gasteiger charge is 2.17.